The van der Waals surface area contributed by atoms with Crippen molar-refractivity contribution >= 4 is 23.0 Å². The largest absolute Gasteiger partial charge is 0.492 e. The van der Waals surface area contributed by atoms with E-state index in [2.05, 4.69) is 18.0 Å². The Morgan fingerprint density at radius 2 is 1.91 bits per heavy atom. The van der Waals surface area contributed by atoms with Gasteiger partial charge in [0.25, 0.3) is 5.69 Å². The summed E-state index contributed by atoms with van der Waals surface area (Å²) in [4.78, 5) is 26.6. The summed E-state index contributed by atoms with van der Waals surface area (Å²) in [6, 6.07) is 12.7. The molecule has 0 amide bonds. The Morgan fingerprint density at radius 3 is 2.53 bits per heavy atom. The number of benzene rings is 2. The maximum Gasteiger partial charge on any atom is 0.348 e. The Morgan fingerprint density at radius 1 is 1.19 bits per heavy atom. The first kappa shape index (κ1) is 22.9. The molecule has 0 aliphatic carbocycles. The van der Waals surface area contributed by atoms with Gasteiger partial charge in [-0.25, -0.2) is 9.78 Å². The molecular weight excluding hydrogens is 430 g/mol. The number of thiazole rings is 1. The van der Waals surface area contributed by atoms with E-state index in [1.54, 1.807) is 18.2 Å². The number of aromatic carboxylic acids is 1. The van der Waals surface area contributed by atoms with E-state index >= 15 is 0 Å². The minimum absolute atomic E-state index is 0.0172. The number of nitrogens with zero attached hydrogens (tertiary/aromatic N) is 3. The smallest absolute Gasteiger partial charge is 0.348 e. The third-order valence-corrected chi connectivity index (χ3v) is 5.87. The van der Waals surface area contributed by atoms with Crippen LogP contribution in [0.1, 0.15) is 47.8 Å². The van der Waals surface area contributed by atoms with Crippen LogP contribution in [0.4, 0.5) is 5.69 Å². The van der Waals surface area contributed by atoms with E-state index in [-0.39, 0.29) is 16.3 Å². The maximum absolute atomic E-state index is 11.8. The highest BCUT2D eigenvalue weighted by atomic mass is 32.1. The second-order valence-electron chi connectivity index (χ2n) is 7.04. The van der Waals surface area contributed by atoms with Gasteiger partial charge in [-0.2, -0.15) is 5.26 Å². The average Bonchev–Trinajstić information content (AvgIpc) is 3.25. The summed E-state index contributed by atoms with van der Waals surface area (Å²) in [7, 11) is 0. The van der Waals surface area contributed by atoms with Crippen LogP contribution < -0.4 is 4.74 Å². The minimum atomic E-state index is -1.14. The number of nitriles is 1. The molecule has 0 bridgehead atoms. The number of hydrogen-bond acceptors (Lipinski definition) is 7. The molecule has 3 aromatic rings. The molecule has 9 heteroatoms. The van der Waals surface area contributed by atoms with Gasteiger partial charge in [0, 0.05) is 23.3 Å². The van der Waals surface area contributed by atoms with Crippen LogP contribution in [0.15, 0.2) is 42.5 Å². The van der Waals surface area contributed by atoms with Crippen molar-refractivity contribution in [3.05, 3.63) is 63.0 Å². The zero-order valence-corrected chi connectivity index (χ0v) is 18.2. The lowest BCUT2D eigenvalue weighted by Gasteiger charge is -2.08. The van der Waals surface area contributed by atoms with Crippen molar-refractivity contribution < 1.29 is 19.6 Å². The molecule has 0 saturated heterocycles. The highest BCUT2D eigenvalue weighted by molar-refractivity contribution is 7.17. The van der Waals surface area contributed by atoms with Gasteiger partial charge in [0.2, 0.25) is 0 Å². The number of nitro benzene ring substituents is 1. The molecule has 164 valence electrons. The van der Waals surface area contributed by atoms with Gasteiger partial charge in [0.1, 0.15) is 21.7 Å². The van der Waals surface area contributed by atoms with E-state index in [1.165, 1.54) is 24.3 Å². The summed E-state index contributed by atoms with van der Waals surface area (Å²) in [5, 5.41) is 30.5. The first-order valence-electron chi connectivity index (χ1n) is 10.1. The van der Waals surface area contributed by atoms with E-state index in [9.17, 15) is 25.3 Å². The van der Waals surface area contributed by atoms with Gasteiger partial charge >= 0.3 is 5.97 Å². The van der Waals surface area contributed by atoms with Gasteiger partial charge in [-0.05, 0) is 36.8 Å². The molecule has 1 aromatic heterocycles. The van der Waals surface area contributed by atoms with E-state index < -0.39 is 10.9 Å². The van der Waals surface area contributed by atoms with Crippen LogP contribution in [0.3, 0.4) is 0 Å². The van der Waals surface area contributed by atoms with E-state index in [4.69, 9.17) is 4.74 Å². The summed E-state index contributed by atoms with van der Waals surface area (Å²) < 4.78 is 5.74. The SMILES string of the molecule is CCCCCCOc1ccc(-c2nc(-c3ccc([N+](=O)[O-])cc3)c(C(=O)O)s2)cc1C#N. The fraction of sp³-hybridized carbons (Fsp3) is 0.261. The minimum Gasteiger partial charge on any atom is -0.492 e. The third-order valence-electron chi connectivity index (χ3n) is 4.78. The number of non-ortho nitro benzene ring substituents is 1. The number of carboxylic acid groups (broad SMARTS) is 1. The monoisotopic (exact) mass is 451 g/mol. The molecule has 8 nitrogen and oxygen atoms in total. The Hall–Kier alpha value is -3.77. The van der Waals surface area contributed by atoms with E-state index in [0.717, 1.165) is 37.0 Å². The molecule has 1 heterocycles. The van der Waals surface area contributed by atoms with Crippen LogP contribution in [-0.4, -0.2) is 27.6 Å². The maximum atomic E-state index is 11.8. The molecule has 32 heavy (non-hydrogen) atoms. The van der Waals surface area contributed by atoms with Gasteiger partial charge in [-0.1, -0.05) is 26.2 Å². The molecule has 2 aromatic carbocycles. The highest BCUT2D eigenvalue weighted by Gasteiger charge is 2.21. The molecule has 0 aliphatic heterocycles. The Balaban J connectivity index is 1.89. The zero-order valence-electron chi connectivity index (χ0n) is 17.4. The van der Waals surface area contributed by atoms with Gasteiger partial charge in [0.05, 0.1) is 22.8 Å². The van der Waals surface area contributed by atoms with Crippen LogP contribution in [0.5, 0.6) is 5.75 Å². The topological polar surface area (TPSA) is 126 Å². The summed E-state index contributed by atoms with van der Waals surface area (Å²) >= 11 is 0.983. The molecule has 0 spiro atoms. The van der Waals surface area contributed by atoms with Crippen LogP contribution in [-0.2, 0) is 0 Å². The second kappa shape index (κ2) is 10.5. The van der Waals surface area contributed by atoms with Crippen molar-refractivity contribution in [2.45, 2.75) is 32.6 Å². The van der Waals surface area contributed by atoms with E-state index in [1.807, 2.05) is 0 Å². The molecule has 0 saturated carbocycles. The van der Waals surface area contributed by atoms with Crippen molar-refractivity contribution in [2.24, 2.45) is 0 Å². The lowest BCUT2D eigenvalue weighted by Crippen LogP contribution is -1.99. The van der Waals surface area contributed by atoms with Gasteiger partial charge in [0.15, 0.2) is 0 Å². The van der Waals surface area contributed by atoms with E-state index in [0.29, 0.717) is 34.1 Å². The predicted octanol–water partition coefficient (Wildman–Crippen LogP) is 5.91. The van der Waals surface area contributed by atoms with Gasteiger partial charge in [-0.3, -0.25) is 10.1 Å². The molecular formula is C23H21N3O5S. The lowest BCUT2D eigenvalue weighted by molar-refractivity contribution is -0.384. The van der Waals surface area contributed by atoms with Crippen molar-refractivity contribution in [1.29, 1.82) is 5.26 Å². The van der Waals surface area contributed by atoms with Crippen LogP contribution in [0, 0.1) is 21.4 Å². The summed E-state index contributed by atoms with van der Waals surface area (Å²) in [6.45, 7) is 2.66. The summed E-state index contributed by atoms with van der Waals surface area (Å²) in [5.41, 5.74) is 1.54. The third kappa shape index (κ3) is 5.28. The molecule has 1 N–H and O–H groups in total. The number of aromatic nitrogens is 1. The number of hydrogen-bond donors (Lipinski definition) is 1. The standard InChI is InChI=1S/C23H21N3O5S/c1-2-3-4-5-12-31-19-11-8-16(13-17(19)14-24)22-25-20(21(32-22)23(27)28)15-6-9-18(10-7-15)26(29)30/h6-11,13H,2-5,12H2,1H3,(H,27,28). The Labute approximate surface area is 188 Å². The number of carbonyl (C=O) groups is 1. The second-order valence-corrected chi connectivity index (χ2v) is 8.04. The first-order valence-corrected chi connectivity index (χ1v) is 10.9. The van der Waals surface area contributed by atoms with Crippen molar-refractivity contribution in [3.63, 3.8) is 0 Å². The van der Waals surface area contributed by atoms with Crippen molar-refractivity contribution in [2.75, 3.05) is 6.61 Å². The summed E-state index contributed by atoms with van der Waals surface area (Å²) in [5.74, 6) is -0.659. The number of unbranched alkanes of at least 4 members (excludes halogenated alkanes) is 3. The number of ether oxygens (including phenoxy) is 1. The number of carboxylic acids is 1. The van der Waals surface area contributed by atoms with Crippen LogP contribution >= 0.6 is 11.3 Å². The van der Waals surface area contributed by atoms with Gasteiger partial charge < -0.3 is 9.84 Å². The first-order chi connectivity index (χ1) is 15.4. The molecule has 0 radical (unpaired) electrons. The number of nitro groups is 1. The molecule has 3 rings (SSSR count). The Kier molecular flexibility index (Phi) is 7.52. The quantitative estimate of drug-likeness (QED) is 0.230. The van der Waals surface area contributed by atoms with Crippen molar-refractivity contribution in [3.8, 4) is 33.6 Å². The Bertz CT molecular complexity index is 1170. The number of rotatable bonds is 10. The molecule has 0 atom stereocenters. The van der Waals surface area contributed by atoms with Gasteiger partial charge in [-0.15, -0.1) is 11.3 Å². The molecule has 0 fully saturated rings. The fourth-order valence-electron chi connectivity index (χ4n) is 3.11. The lowest BCUT2D eigenvalue weighted by atomic mass is 10.1. The van der Waals surface area contributed by atoms with Crippen LogP contribution in [0.25, 0.3) is 21.8 Å². The summed E-state index contributed by atoms with van der Waals surface area (Å²) in [6.07, 6.45) is 4.25. The highest BCUT2D eigenvalue weighted by Crippen LogP contribution is 2.36. The average molecular weight is 452 g/mol. The normalized spacial score (nSPS) is 10.5. The molecule has 0 unspecified atom stereocenters. The predicted molar refractivity (Wildman–Crippen MR) is 121 cm³/mol. The fourth-order valence-corrected chi connectivity index (χ4v) is 4.04. The zero-order chi connectivity index (χ0) is 23.1. The van der Waals surface area contributed by atoms with Crippen LogP contribution in [0.2, 0.25) is 0 Å². The molecule has 0 aliphatic rings. The van der Waals surface area contributed by atoms with Crippen molar-refractivity contribution in [1.82, 2.24) is 4.98 Å².